The lowest BCUT2D eigenvalue weighted by Gasteiger charge is -2.40. The maximum Gasteiger partial charge on any atom is 0.460 e. The van der Waals surface area contributed by atoms with E-state index >= 15 is 0 Å². The minimum absolute atomic E-state index is 0.131. The molecule has 0 spiro atoms. The summed E-state index contributed by atoms with van der Waals surface area (Å²) in [5.41, 5.74) is 0. The molecule has 0 amide bonds. The fraction of sp³-hybridized carbons (Fsp3) is 1.00. The van der Waals surface area contributed by atoms with Gasteiger partial charge in [0, 0.05) is 11.5 Å². The molecular formula is C12H19F9O3S2. The summed E-state index contributed by atoms with van der Waals surface area (Å²) in [6.45, 7) is 4.33. The maximum atomic E-state index is 13.7. The zero-order valence-corrected chi connectivity index (χ0v) is 15.6. The first-order valence-electron chi connectivity index (χ1n) is 7.31. The molecular weight excluding hydrogens is 427 g/mol. The molecule has 0 unspecified atom stereocenters. The predicted octanol–water partition coefficient (Wildman–Crippen LogP) is 5.32. The van der Waals surface area contributed by atoms with E-state index < -0.39 is 43.7 Å². The number of alkyl halides is 9. The van der Waals surface area contributed by atoms with Gasteiger partial charge < -0.3 is 0 Å². The Morgan fingerprint density at radius 2 is 1.12 bits per heavy atom. The topological polar surface area (TPSA) is 43.4 Å². The highest BCUT2D eigenvalue weighted by molar-refractivity contribution is 8.33. The number of hydrogen-bond donors (Lipinski definition) is 0. The van der Waals surface area contributed by atoms with E-state index in [9.17, 15) is 47.9 Å². The van der Waals surface area contributed by atoms with Crippen molar-refractivity contribution >= 4 is 20.4 Å². The molecule has 0 radical (unpaired) electrons. The third-order valence-electron chi connectivity index (χ3n) is 3.34. The Morgan fingerprint density at radius 1 is 0.731 bits per heavy atom. The molecule has 0 bridgehead atoms. The zero-order chi connectivity index (χ0) is 21.2. The fourth-order valence-corrected chi connectivity index (χ4v) is 7.50. The molecule has 0 aromatic carbocycles. The van der Waals surface area contributed by atoms with Crippen molar-refractivity contribution in [1.82, 2.24) is 0 Å². The highest BCUT2D eigenvalue weighted by Crippen LogP contribution is 2.59. The van der Waals surface area contributed by atoms with Crippen molar-refractivity contribution in [2.75, 3.05) is 17.3 Å². The molecule has 0 saturated carbocycles. The van der Waals surface area contributed by atoms with Gasteiger partial charge in [-0.05, 0) is 18.6 Å². The highest BCUT2D eigenvalue weighted by Gasteiger charge is 2.86. The van der Waals surface area contributed by atoms with Crippen LogP contribution in [0.5, 0.6) is 0 Å². The number of rotatable bonds is 10. The molecule has 14 heteroatoms. The Kier molecular flexibility index (Phi) is 7.82. The summed E-state index contributed by atoms with van der Waals surface area (Å²) >= 11 is 0. The van der Waals surface area contributed by atoms with Gasteiger partial charge in [-0.1, -0.05) is 20.8 Å². The van der Waals surface area contributed by atoms with Gasteiger partial charge in [0.1, 0.15) is 0 Å². The van der Waals surface area contributed by atoms with Crippen molar-refractivity contribution in [1.29, 1.82) is 0 Å². The second-order valence-corrected chi connectivity index (χ2v) is 10.6. The lowest BCUT2D eigenvalue weighted by molar-refractivity contribution is -0.382. The first-order valence-corrected chi connectivity index (χ1v) is 10.8. The van der Waals surface area contributed by atoms with Gasteiger partial charge >= 0.3 is 33.4 Å². The van der Waals surface area contributed by atoms with Gasteiger partial charge in [-0.3, -0.25) is 0 Å². The second kappa shape index (κ2) is 7.94. The number of halogens is 9. The molecule has 26 heavy (non-hydrogen) atoms. The van der Waals surface area contributed by atoms with Crippen LogP contribution in [0.25, 0.3) is 0 Å². The van der Waals surface area contributed by atoms with Crippen LogP contribution in [-0.4, -0.2) is 49.0 Å². The molecule has 0 rings (SSSR count). The standard InChI is InChI=1S/C12H19F9O3S2/c1-4-7-25(6-3,8-5-2)24-26(22,23)12(20,21)10(15,16)9(13,14)11(17,18)19/h4-8H2,1-3H3. The number of hydrogen-bond acceptors (Lipinski definition) is 3. The van der Waals surface area contributed by atoms with Gasteiger partial charge in [0.25, 0.3) is 0 Å². The minimum Gasteiger partial charge on any atom is -0.215 e. The Bertz CT molecular complexity index is 567. The van der Waals surface area contributed by atoms with Crippen LogP contribution in [0.1, 0.15) is 33.6 Å². The predicted molar refractivity (Wildman–Crippen MR) is 79.3 cm³/mol. The van der Waals surface area contributed by atoms with Crippen molar-refractivity contribution in [2.45, 2.75) is 56.9 Å². The summed E-state index contributed by atoms with van der Waals surface area (Å²) in [5.74, 6) is -15.0. The van der Waals surface area contributed by atoms with Crippen LogP contribution >= 0.6 is 10.3 Å². The molecule has 3 nitrogen and oxygen atoms in total. The second-order valence-electron chi connectivity index (χ2n) is 5.35. The summed E-state index contributed by atoms with van der Waals surface area (Å²) in [5, 5.41) is -6.80. The summed E-state index contributed by atoms with van der Waals surface area (Å²) in [4.78, 5) is 0. The van der Waals surface area contributed by atoms with Crippen LogP contribution in [0.3, 0.4) is 0 Å². The Balaban J connectivity index is 6.17. The van der Waals surface area contributed by atoms with Gasteiger partial charge in [0.15, 0.2) is 0 Å². The molecule has 0 heterocycles. The van der Waals surface area contributed by atoms with Crippen molar-refractivity contribution in [3.8, 4) is 0 Å². The van der Waals surface area contributed by atoms with Gasteiger partial charge in [0.05, 0.1) is 0 Å². The van der Waals surface area contributed by atoms with Crippen molar-refractivity contribution < 1.29 is 51.6 Å². The SMILES string of the molecule is CCCS(CC)(CCC)OS(=O)(=O)C(F)(F)C(F)(F)C(F)(F)C(F)(F)F. The van der Waals surface area contributed by atoms with Crippen LogP contribution in [0.4, 0.5) is 39.5 Å². The summed E-state index contributed by atoms with van der Waals surface area (Å²) in [6, 6.07) is 0. The van der Waals surface area contributed by atoms with E-state index in [0.29, 0.717) is 0 Å². The molecule has 0 aliphatic heterocycles. The van der Waals surface area contributed by atoms with Crippen LogP contribution in [0.2, 0.25) is 0 Å². The molecule has 160 valence electrons. The van der Waals surface area contributed by atoms with E-state index in [1.54, 1.807) is 0 Å². The summed E-state index contributed by atoms with van der Waals surface area (Å²) in [6.07, 6.45) is -6.71. The lowest BCUT2D eigenvalue weighted by atomic mass is 10.1. The molecule has 0 atom stereocenters. The lowest BCUT2D eigenvalue weighted by Crippen LogP contribution is -2.63. The molecule has 0 N–H and O–H groups in total. The Labute approximate surface area is 146 Å². The molecule has 0 aliphatic rings. The maximum absolute atomic E-state index is 13.7. The van der Waals surface area contributed by atoms with E-state index in [1.165, 1.54) is 20.8 Å². The Morgan fingerprint density at radius 3 is 1.38 bits per heavy atom. The molecule has 0 fully saturated rings. The van der Waals surface area contributed by atoms with E-state index in [2.05, 4.69) is 3.63 Å². The zero-order valence-electron chi connectivity index (χ0n) is 14.0. The average Bonchev–Trinajstić information content (AvgIpc) is 2.45. The first kappa shape index (κ1) is 25.6. The van der Waals surface area contributed by atoms with Gasteiger partial charge in [-0.25, -0.2) is 3.63 Å². The minimum atomic E-state index is -7.29. The van der Waals surface area contributed by atoms with E-state index in [4.69, 9.17) is 0 Å². The molecule has 0 saturated heterocycles. The van der Waals surface area contributed by atoms with Crippen LogP contribution in [0.15, 0.2) is 0 Å². The average molecular weight is 446 g/mol. The smallest absolute Gasteiger partial charge is 0.215 e. The van der Waals surface area contributed by atoms with Crippen LogP contribution in [0, 0.1) is 0 Å². The molecule has 0 aliphatic carbocycles. The molecule has 0 aromatic heterocycles. The third kappa shape index (κ3) is 4.37. The summed E-state index contributed by atoms with van der Waals surface area (Å²) in [7, 11) is -9.75. The summed E-state index contributed by atoms with van der Waals surface area (Å²) < 4.78 is 144. The van der Waals surface area contributed by atoms with Crippen molar-refractivity contribution in [3.05, 3.63) is 0 Å². The van der Waals surface area contributed by atoms with Gasteiger partial charge in [0.2, 0.25) is 0 Å². The van der Waals surface area contributed by atoms with E-state index in [1.807, 2.05) is 0 Å². The van der Waals surface area contributed by atoms with Gasteiger partial charge in [-0.2, -0.15) is 47.9 Å². The molecule has 0 aromatic rings. The quantitative estimate of drug-likeness (QED) is 0.427. The van der Waals surface area contributed by atoms with Crippen molar-refractivity contribution in [2.24, 2.45) is 0 Å². The van der Waals surface area contributed by atoms with Gasteiger partial charge in [-0.15, -0.1) is 10.3 Å². The van der Waals surface area contributed by atoms with Crippen LogP contribution < -0.4 is 0 Å². The largest absolute Gasteiger partial charge is 0.460 e. The Hall–Kier alpha value is -0.370. The first-order chi connectivity index (χ1) is 11.4. The fourth-order valence-electron chi connectivity index (χ4n) is 2.00. The van der Waals surface area contributed by atoms with Crippen LogP contribution in [-0.2, 0) is 13.7 Å². The van der Waals surface area contributed by atoms with E-state index in [0.717, 1.165) is 0 Å². The monoisotopic (exact) mass is 446 g/mol. The van der Waals surface area contributed by atoms with E-state index in [-0.39, 0.29) is 30.1 Å². The highest BCUT2D eigenvalue weighted by atomic mass is 32.3. The van der Waals surface area contributed by atoms with Crippen molar-refractivity contribution in [3.63, 3.8) is 0 Å². The normalized spacial score (nSPS) is 16.0. The third-order valence-corrected chi connectivity index (χ3v) is 9.45.